The van der Waals surface area contributed by atoms with Crippen LogP contribution in [0.4, 0.5) is 4.79 Å². The third-order valence-corrected chi connectivity index (χ3v) is 4.52. The molecule has 0 bridgehead atoms. The Labute approximate surface area is 136 Å². The van der Waals surface area contributed by atoms with Crippen LogP contribution in [-0.4, -0.2) is 34.9 Å². The maximum atomic E-state index is 12.3. The smallest absolute Gasteiger partial charge is 0.325 e. The molecule has 1 aliphatic rings. The molecule has 1 unspecified atom stereocenters. The number of urea groups is 1. The average Bonchev–Trinajstić information content (AvgIpc) is 2.72. The number of carbonyl (C=O) groups is 2. The van der Waals surface area contributed by atoms with Crippen LogP contribution in [0.1, 0.15) is 38.3 Å². The van der Waals surface area contributed by atoms with E-state index in [0.29, 0.717) is 13.0 Å². The number of hydrogen-bond acceptors (Lipinski definition) is 3. The summed E-state index contributed by atoms with van der Waals surface area (Å²) in [5.74, 6) is 0.754. The summed E-state index contributed by atoms with van der Waals surface area (Å²) in [6, 6.07) is 7.48. The zero-order valence-electron chi connectivity index (χ0n) is 13.7. The maximum absolute atomic E-state index is 12.3. The Morgan fingerprint density at radius 3 is 2.36 bits per heavy atom. The van der Waals surface area contributed by atoms with Gasteiger partial charge < -0.3 is 5.32 Å². The van der Waals surface area contributed by atoms with E-state index in [2.05, 4.69) is 38.2 Å². The number of imide groups is 1. The Morgan fingerprint density at radius 2 is 1.82 bits per heavy atom. The molecule has 5 heteroatoms. The molecule has 0 aromatic heterocycles. The molecule has 3 amide bonds. The first-order valence-corrected chi connectivity index (χ1v) is 8.92. The van der Waals surface area contributed by atoms with Crippen molar-refractivity contribution in [3.05, 3.63) is 35.4 Å². The fourth-order valence-corrected chi connectivity index (χ4v) is 2.92. The number of thioether (sulfide) groups is 1. The van der Waals surface area contributed by atoms with Crippen molar-refractivity contribution >= 4 is 23.7 Å². The molecule has 1 aromatic rings. The number of nitrogens with zero attached hydrogens (tertiary/aromatic N) is 1. The second-order valence-electron chi connectivity index (χ2n) is 6.65. The van der Waals surface area contributed by atoms with E-state index < -0.39 is 0 Å². The van der Waals surface area contributed by atoms with Gasteiger partial charge in [-0.25, -0.2) is 4.79 Å². The topological polar surface area (TPSA) is 49.4 Å². The molecule has 22 heavy (non-hydrogen) atoms. The van der Waals surface area contributed by atoms with Crippen molar-refractivity contribution < 1.29 is 9.59 Å². The Balaban J connectivity index is 2.04. The van der Waals surface area contributed by atoms with Crippen molar-refractivity contribution in [3.63, 3.8) is 0 Å². The average molecular weight is 320 g/mol. The lowest BCUT2D eigenvalue weighted by Crippen LogP contribution is -2.31. The third-order valence-electron chi connectivity index (χ3n) is 3.88. The molecule has 2 rings (SSSR count). The highest BCUT2D eigenvalue weighted by molar-refractivity contribution is 7.98. The van der Waals surface area contributed by atoms with E-state index in [1.165, 1.54) is 10.5 Å². The standard InChI is InChI=1S/C17H24N2O2S/c1-17(2,3)13-7-5-12(6-8-13)11-19-15(20)14(9-10-22-4)18-16(19)21/h5-8,14H,9-11H2,1-4H3,(H,18,21). The van der Waals surface area contributed by atoms with Crippen LogP contribution < -0.4 is 5.32 Å². The Kier molecular flexibility index (Phi) is 5.16. The fourth-order valence-electron chi connectivity index (χ4n) is 2.45. The molecule has 120 valence electrons. The van der Waals surface area contributed by atoms with Gasteiger partial charge in [-0.05, 0) is 35.0 Å². The second-order valence-corrected chi connectivity index (χ2v) is 7.64. The predicted molar refractivity (Wildman–Crippen MR) is 91.0 cm³/mol. The zero-order chi connectivity index (χ0) is 16.3. The number of hydrogen-bond donors (Lipinski definition) is 1. The van der Waals surface area contributed by atoms with E-state index in [4.69, 9.17) is 0 Å². The van der Waals surface area contributed by atoms with Crippen LogP contribution in [0, 0.1) is 0 Å². The molecule has 1 heterocycles. The van der Waals surface area contributed by atoms with Crippen molar-refractivity contribution in [2.45, 2.75) is 45.2 Å². The maximum Gasteiger partial charge on any atom is 0.325 e. The van der Waals surface area contributed by atoms with Gasteiger partial charge in [0.1, 0.15) is 6.04 Å². The van der Waals surface area contributed by atoms with Gasteiger partial charge >= 0.3 is 6.03 Å². The van der Waals surface area contributed by atoms with E-state index in [0.717, 1.165) is 11.3 Å². The molecule has 1 aliphatic heterocycles. The van der Waals surface area contributed by atoms with Gasteiger partial charge in [-0.3, -0.25) is 9.69 Å². The molecule has 1 fully saturated rings. The molecule has 1 N–H and O–H groups in total. The van der Waals surface area contributed by atoms with Crippen LogP contribution in [0.5, 0.6) is 0 Å². The summed E-state index contributed by atoms with van der Waals surface area (Å²) in [6.45, 7) is 6.83. The fraction of sp³-hybridized carbons (Fsp3) is 0.529. The first-order chi connectivity index (χ1) is 10.3. The van der Waals surface area contributed by atoms with E-state index in [1.54, 1.807) is 11.8 Å². The summed E-state index contributed by atoms with van der Waals surface area (Å²) in [6.07, 6.45) is 2.68. The minimum Gasteiger partial charge on any atom is -0.326 e. The van der Waals surface area contributed by atoms with E-state index >= 15 is 0 Å². The van der Waals surface area contributed by atoms with Gasteiger partial charge in [-0.2, -0.15) is 11.8 Å². The first kappa shape index (κ1) is 16.9. The quantitative estimate of drug-likeness (QED) is 0.848. The van der Waals surface area contributed by atoms with Crippen LogP contribution in [-0.2, 0) is 16.8 Å². The van der Waals surface area contributed by atoms with Gasteiger partial charge in [-0.15, -0.1) is 0 Å². The SMILES string of the molecule is CSCCC1NC(=O)N(Cc2ccc(C(C)(C)C)cc2)C1=O. The van der Waals surface area contributed by atoms with E-state index in [1.807, 2.05) is 18.4 Å². The summed E-state index contributed by atoms with van der Waals surface area (Å²) in [4.78, 5) is 25.6. The zero-order valence-corrected chi connectivity index (χ0v) is 14.5. The molecular formula is C17H24N2O2S. The third kappa shape index (κ3) is 3.83. The van der Waals surface area contributed by atoms with Crippen LogP contribution in [0.25, 0.3) is 0 Å². The lowest BCUT2D eigenvalue weighted by Gasteiger charge is -2.20. The van der Waals surface area contributed by atoms with Crippen molar-refractivity contribution in [2.75, 3.05) is 12.0 Å². The van der Waals surface area contributed by atoms with Crippen LogP contribution in [0.3, 0.4) is 0 Å². The molecule has 1 aromatic carbocycles. The first-order valence-electron chi connectivity index (χ1n) is 7.53. The van der Waals surface area contributed by atoms with Gasteiger partial charge in [0.05, 0.1) is 6.54 Å². The Bertz CT molecular complexity index is 549. The minimum absolute atomic E-state index is 0.0995. The minimum atomic E-state index is -0.367. The number of carbonyl (C=O) groups excluding carboxylic acids is 2. The molecule has 0 spiro atoms. The highest BCUT2D eigenvalue weighted by Crippen LogP contribution is 2.23. The largest absolute Gasteiger partial charge is 0.326 e. The van der Waals surface area contributed by atoms with E-state index in [-0.39, 0.29) is 23.4 Å². The number of nitrogens with one attached hydrogen (secondary N) is 1. The van der Waals surface area contributed by atoms with Crippen LogP contribution >= 0.6 is 11.8 Å². The molecule has 1 saturated heterocycles. The highest BCUT2D eigenvalue weighted by Gasteiger charge is 2.37. The number of amides is 3. The monoisotopic (exact) mass is 320 g/mol. The van der Waals surface area contributed by atoms with Gasteiger partial charge in [0, 0.05) is 0 Å². The van der Waals surface area contributed by atoms with Gasteiger partial charge in [0.2, 0.25) is 0 Å². The van der Waals surface area contributed by atoms with Gasteiger partial charge in [0.25, 0.3) is 5.91 Å². The molecule has 1 atom stereocenters. The summed E-state index contributed by atoms with van der Waals surface area (Å²) >= 11 is 1.68. The Hall–Kier alpha value is -1.49. The van der Waals surface area contributed by atoms with Crippen LogP contribution in [0.15, 0.2) is 24.3 Å². The molecular weight excluding hydrogens is 296 g/mol. The highest BCUT2D eigenvalue weighted by atomic mass is 32.2. The van der Waals surface area contributed by atoms with Gasteiger partial charge in [0.15, 0.2) is 0 Å². The summed E-state index contributed by atoms with van der Waals surface area (Å²) in [7, 11) is 0. The molecule has 4 nitrogen and oxygen atoms in total. The van der Waals surface area contributed by atoms with Crippen molar-refractivity contribution in [1.82, 2.24) is 10.2 Å². The second kappa shape index (κ2) is 6.73. The number of benzene rings is 1. The van der Waals surface area contributed by atoms with Crippen molar-refractivity contribution in [1.29, 1.82) is 0 Å². The van der Waals surface area contributed by atoms with Crippen molar-refractivity contribution in [3.8, 4) is 0 Å². The number of rotatable bonds is 5. The lowest BCUT2D eigenvalue weighted by molar-refractivity contribution is -0.127. The van der Waals surface area contributed by atoms with Crippen LogP contribution in [0.2, 0.25) is 0 Å². The van der Waals surface area contributed by atoms with E-state index in [9.17, 15) is 9.59 Å². The summed E-state index contributed by atoms with van der Waals surface area (Å²) < 4.78 is 0. The summed E-state index contributed by atoms with van der Waals surface area (Å²) in [5, 5.41) is 2.77. The Morgan fingerprint density at radius 1 is 1.18 bits per heavy atom. The molecule has 0 aliphatic carbocycles. The molecule has 0 saturated carbocycles. The van der Waals surface area contributed by atoms with Crippen molar-refractivity contribution in [2.24, 2.45) is 0 Å². The lowest BCUT2D eigenvalue weighted by atomic mass is 9.87. The predicted octanol–water partition coefficient (Wildman–Crippen LogP) is 3.16. The van der Waals surface area contributed by atoms with Gasteiger partial charge in [-0.1, -0.05) is 45.0 Å². The normalized spacial score (nSPS) is 18.7. The summed E-state index contributed by atoms with van der Waals surface area (Å²) in [5.41, 5.74) is 2.32. The molecule has 0 radical (unpaired) electrons.